The topological polar surface area (TPSA) is 9.86 Å². The first-order valence-corrected chi connectivity index (χ1v) is 13.6. The van der Waals surface area contributed by atoms with Crippen molar-refractivity contribution >= 4 is 65.2 Å². The van der Waals surface area contributed by atoms with Crippen LogP contribution >= 0.6 is 0 Å². The zero-order valence-electron chi connectivity index (χ0n) is 21.7. The highest BCUT2D eigenvalue weighted by atomic mass is 15.0. The molecule has 0 amide bonds. The second-order valence-electron chi connectivity index (χ2n) is 10.3. The average Bonchev–Trinajstić information content (AvgIpc) is 3.46. The Balaban J connectivity index is 1.53. The van der Waals surface area contributed by atoms with E-state index >= 15 is 0 Å². The quantitative estimate of drug-likeness (QED) is 0.219. The summed E-state index contributed by atoms with van der Waals surface area (Å²) in [5, 5.41) is 10.5. The molecule has 0 fully saturated rings. The number of fused-ring (bicyclic) bond motifs is 8. The fourth-order valence-electron chi connectivity index (χ4n) is 6.81. The summed E-state index contributed by atoms with van der Waals surface area (Å²) in [7, 11) is 0. The predicted octanol–water partition coefficient (Wildman–Crippen LogP) is 9.92. The van der Waals surface area contributed by atoms with Crippen molar-refractivity contribution in [3.8, 4) is 11.1 Å². The predicted molar refractivity (Wildman–Crippen MR) is 164 cm³/mol. The molecule has 0 saturated carbocycles. The number of nitrogens with zero attached hydrogens (tertiary/aromatic N) is 2. The van der Waals surface area contributed by atoms with E-state index in [1.807, 2.05) is 0 Å². The van der Waals surface area contributed by atoms with Gasteiger partial charge in [0.15, 0.2) is 0 Å². The summed E-state index contributed by atoms with van der Waals surface area (Å²) in [5.41, 5.74) is 7.82. The molecular weight excluding hydrogens is 460 g/mol. The van der Waals surface area contributed by atoms with Gasteiger partial charge in [0.1, 0.15) is 0 Å². The molecule has 0 unspecified atom stereocenters. The largest absolute Gasteiger partial charge is 0.341 e. The van der Waals surface area contributed by atoms with Crippen LogP contribution in [0.4, 0.5) is 0 Å². The minimum absolute atomic E-state index is 0.952. The maximum atomic E-state index is 2.45. The molecule has 0 saturated heterocycles. The number of aromatic nitrogens is 2. The maximum absolute atomic E-state index is 2.45. The van der Waals surface area contributed by atoms with E-state index < -0.39 is 0 Å². The maximum Gasteiger partial charge on any atom is 0.0497 e. The summed E-state index contributed by atoms with van der Waals surface area (Å²) >= 11 is 0. The first-order chi connectivity index (χ1) is 18.8. The number of benzene rings is 6. The van der Waals surface area contributed by atoms with Gasteiger partial charge in [-0.15, -0.1) is 0 Å². The van der Waals surface area contributed by atoms with Gasteiger partial charge in [0.2, 0.25) is 0 Å². The van der Waals surface area contributed by atoms with Gasteiger partial charge in [-0.05, 0) is 89.0 Å². The van der Waals surface area contributed by atoms with Crippen molar-refractivity contribution in [3.05, 3.63) is 109 Å². The molecule has 6 aromatic carbocycles. The molecule has 0 aliphatic carbocycles. The summed E-state index contributed by atoms with van der Waals surface area (Å²) in [6, 6.07) is 40.8. The summed E-state index contributed by atoms with van der Waals surface area (Å²) in [5.74, 6) is 0. The fourth-order valence-corrected chi connectivity index (χ4v) is 6.81. The molecule has 0 atom stereocenters. The summed E-state index contributed by atoms with van der Waals surface area (Å²) in [4.78, 5) is 0. The molecule has 2 heterocycles. The molecule has 0 N–H and O–H groups in total. The molecule has 0 aliphatic rings. The van der Waals surface area contributed by atoms with E-state index in [0.717, 1.165) is 13.1 Å². The van der Waals surface area contributed by atoms with Crippen LogP contribution in [0.25, 0.3) is 76.3 Å². The Hall–Kier alpha value is -4.56. The fraction of sp³-hybridized carbons (Fsp3) is 0.111. The summed E-state index contributed by atoms with van der Waals surface area (Å²) < 4.78 is 4.88. The van der Waals surface area contributed by atoms with Crippen molar-refractivity contribution in [2.45, 2.75) is 26.9 Å². The minimum Gasteiger partial charge on any atom is -0.341 e. The monoisotopic (exact) mass is 488 g/mol. The number of hydrogen-bond acceptors (Lipinski definition) is 0. The Morgan fingerprint density at radius 3 is 1.71 bits per heavy atom. The number of hydrogen-bond donors (Lipinski definition) is 0. The molecule has 182 valence electrons. The normalized spacial score (nSPS) is 12.2. The standard InChI is InChI=1S/C36H28N2/c1-3-37-32-15-9-7-13-27(32)30-20-24(17-18-34(30)37)36-26-12-6-5-11-23(26)19-25-21-35-31(22-29(25)36)28-14-8-10-16-33(28)38(35)4-2/h5-22H,3-4H2,1-2H3. The molecule has 2 aromatic heterocycles. The van der Waals surface area contributed by atoms with Crippen molar-refractivity contribution < 1.29 is 0 Å². The van der Waals surface area contributed by atoms with E-state index in [1.165, 1.54) is 76.3 Å². The molecule has 0 bridgehead atoms. The zero-order chi connectivity index (χ0) is 25.4. The van der Waals surface area contributed by atoms with Gasteiger partial charge in [0.25, 0.3) is 0 Å². The lowest BCUT2D eigenvalue weighted by Gasteiger charge is -2.14. The van der Waals surface area contributed by atoms with Gasteiger partial charge in [-0.1, -0.05) is 66.7 Å². The van der Waals surface area contributed by atoms with Crippen molar-refractivity contribution in [1.29, 1.82) is 0 Å². The van der Waals surface area contributed by atoms with E-state index in [-0.39, 0.29) is 0 Å². The van der Waals surface area contributed by atoms with Crippen LogP contribution in [0.5, 0.6) is 0 Å². The third-order valence-electron chi connectivity index (χ3n) is 8.45. The van der Waals surface area contributed by atoms with Crippen molar-refractivity contribution in [3.63, 3.8) is 0 Å². The Morgan fingerprint density at radius 2 is 1.00 bits per heavy atom. The van der Waals surface area contributed by atoms with Gasteiger partial charge >= 0.3 is 0 Å². The zero-order valence-corrected chi connectivity index (χ0v) is 21.7. The molecule has 8 aromatic rings. The Labute approximate surface area is 221 Å². The molecule has 2 nitrogen and oxygen atoms in total. The highest BCUT2D eigenvalue weighted by Crippen LogP contribution is 2.42. The SMILES string of the molecule is CCn1c2ccccc2c2cc(-c3c4ccccc4cc4cc5c(cc34)c3ccccc3n5CC)ccc21. The molecule has 0 aliphatic heterocycles. The Kier molecular flexibility index (Phi) is 4.51. The van der Waals surface area contributed by atoms with Gasteiger partial charge in [-0.2, -0.15) is 0 Å². The lowest BCUT2D eigenvalue weighted by molar-refractivity contribution is 0.827. The van der Waals surface area contributed by atoms with Crippen molar-refractivity contribution in [2.75, 3.05) is 0 Å². The third-order valence-corrected chi connectivity index (χ3v) is 8.45. The van der Waals surface area contributed by atoms with Gasteiger partial charge in [-0.25, -0.2) is 0 Å². The second kappa shape index (κ2) is 7.97. The van der Waals surface area contributed by atoms with E-state index in [4.69, 9.17) is 0 Å². The van der Waals surface area contributed by atoms with Crippen LogP contribution in [-0.2, 0) is 13.1 Å². The number of para-hydroxylation sites is 2. The molecule has 0 spiro atoms. The van der Waals surface area contributed by atoms with Gasteiger partial charge < -0.3 is 9.13 Å². The van der Waals surface area contributed by atoms with Crippen LogP contribution in [0.3, 0.4) is 0 Å². The van der Waals surface area contributed by atoms with E-state index in [0.29, 0.717) is 0 Å². The Morgan fingerprint density at radius 1 is 0.421 bits per heavy atom. The van der Waals surface area contributed by atoms with Crippen molar-refractivity contribution in [1.82, 2.24) is 9.13 Å². The first kappa shape index (κ1) is 21.5. The van der Waals surface area contributed by atoms with Gasteiger partial charge in [-0.3, -0.25) is 0 Å². The lowest BCUT2D eigenvalue weighted by atomic mass is 9.90. The first-order valence-electron chi connectivity index (χ1n) is 13.6. The molecule has 8 rings (SSSR count). The molecule has 38 heavy (non-hydrogen) atoms. The minimum atomic E-state index is 0.952. The van der Waals surface area contributed by atoms with Gasteiger partial charge in [0, 0.05) is 56.7 Å². The Bertz CT molecular complexity index is 2210. The van der Waals surface area contributed by atoms with Crippen molar-refractivity contribution in [2.24, 2.45) is 0 Å². The lowest BCUT2D eigenvalue weighted by Crippen LogP contribution is -1.93. The molecule has 0 radical (unpaired) electrons. The highest BCUT2D eigenvalue weighted by Gasteiger charge is 2.17. The third kappa shape index (κ3) is 2.83. The second-order valence-corrected chi connectivity index (χ2v) is 10.3. The molecule has 2 heteroatoms. The molecular formula is C36H28N2. The van der Waals surface area contributed by atoms with Gasteiger partial charge in [0.05, 0.1) is 0 Å². The van der Waals surface area contributed by atoms with Crippen LogP contribution in [0.15, 0.2) is 109 Å². The van der Waals surface area contributed by atoms with Crippen LogP contribution in [0.1, 0.15) is 13.8 Å². The van der Waals surface area contributed by atoms with Crippen LogP contribution in [-0.4, -0.2) is 9.13 Å². The van der Waals surface area contributed by atoms with Crippen LogP contribution in [0, 0.1) is 0 Å². The summed E-state index contributed by atoms with van der Waals surface area (Å²) in [6.45, 7) is 6.38. The van der Waals surface area contributed by atoms with Crippen LogP contribution < -0.4 is 0 Å². The van der Waals surface area contributed by atoms with E-state index in [9.17, 15) is 0 Å². The smallest absolute Gasteiger partial charge is 0.0497 e. The van der Waals surface area contributed by atoms with E-state index in [1.54, 1.807) is 0 Å². The number of aryl methyl sites for hydroxylation is 2. The highest BCUT2D eigenvalue weighted by molar-refractivity contribution is 6.20. The van der Waals surface area contributed by atoms with Crippen LogP contribution in [0.2, 0.25) is 0 Å². The number of rotatable bonds is 3. The average molecular weight is 489 g/mol. The summed E-state index contributed by atoms with van der Waals surface area (Å²) in [6.07, 6.45) is 0. The van der Waals surface area contributed by atoms with E-state index in [2.05, 4.69) is 132 Å².